The second-order valence-electron chi connectivity index (χ2n) is 11.9. The fraction of sp³-hybridized carbons (Fsp3) is 0.297. The van der Waals surface area contributed by atoms with Gasteiger partial charge in [-0.05, 0) is 65.6 Å². The molecular weight excluding hydrogens is 672 g/mol. The number of nitrogens with one attached hydrogen (secondary N) is 1. The van der Waals surface area contributed by atoms with Gasteiger partial charge in [-0.3, -0.25) is 9.59 Å². The molecular formula is C37H34F8N2O3. The van der Waals surface area contributed by atoms with E-state index in [0.717, 1.165) is 31.0 Å². The zero-order valence-corrected chi connectivity index (χ0v) is 27.3. The first-order valence-electron chi connectivity index (χ1n) is 15.5. The molecule has 4 aromatic rings. The lowest BCUT2D eigenvalue weighted by atomic mass is 9.77. The lowest BCUT2D eigenvalue weighted by Gasteiger charge is -2.37. The van der Waals surface area contributed by atoms with Crippen molar-refractivity contribution in [1.82, 2.24) is 10.2 Å². The summed E-state index contributed by atoms with van der Waals surface area (Å²) >= 11 is 0. The SMILES string of the molecule is CCCCN(C)C(=O)c1ccc([C@@](Cc2ccccc2)(NC(=O)c2ccc(F)c(C(C)(F)F)c2)c2cc(F)cc(OC(F)(F)C(F)F)c2)cc1. The largest absolute Gasteiger partial charge is 0.461 e. The van der Waals surface area contributed by atoms with Gasteiger partial charge < -0.3 is 15.0 Å². The summed E-state index contributed by atoms with van der Waals surface area (Å²) in [6.07, 6.45) is -7.94. The van der Waals surface area contributed by atoms with Crippen molar-refractivity contribution in [3.8, 4) is 5.75 Å². The molecule has 0 aliphatic heterocycles. The molecule has 5 nitrogen and oxygen atoms in total. The first-order chi connectivity index (χ1) is 23.5. The molecule has 50 heavy (non-hydrogen) atoms. The van der Waals surface area contributed by atoms with Gasteiger partial charge in [-0.15, -0.1) is 0 Å². The van der Waals surface area contributed by atoms with E-state index < -0.39 is 58.4 Å². The van der Waals surface area contributed by atoms with Crippen molar-refractivity contribution in [2.75, 3.05) is 13.6 Å². The van der Waals surface area contributed by atoms with Gasteiger partial charge in [0, 0.05) is 44.1 Å². The molecule has 1 atom stereocenters. The van der Waals surface area contributed by atoms with Crippen molar-refractivity contribution in [2.24, 2.45) is 0 Å². The molecule has 0 spiro atoms. The number of halogens is 8. The third-order valence-electron chi connectivity index (χ3n) is 8.03. The number of hydrogen-bond donors (Lipinski definition) is 1. The first kappa shape index (κ1) is 37.9. The van der Waals surface area contributed by atoms with Crippen LogP contribution >= 0.6 is 0 Å². The number of carbonyl (C=O) groups excluding carboxylic acids is 2. The van der Waals surface area contributed by atoms with Crippen molar-refractivity contribution in [3.05, 3.63) is 136 Å². The number of benzene rings is 4. The number of alkyl halides is 6. The van der Waals surface area contributed by atoms with Gasteiger partial charge in [0.25, 0.3) is 17.7 Å². The zero-order valence-electron chi connectivity index (χ0n) is 27.3. The topological polar surface area (TPSA) is 58.6 Å². The Morgan fingerprint density at radius 3 is 2.08 bits per heavy atom. The van der Waals surface area contributed by atoms with E-state index in [-0.39, 0.29) is 29.0 Å². The third-order valence-corrected chi connectivity index (χ3v) is 8.03. The van der Waals surface area contributed by atoms with E-state index in [2.05, 4.69) is 10.1 Å². The van der Waals surface area contributed by atoms with Crippen LogP contribution in [0.5, 0.6) is 5.75 Å². The molecule has 4 aromatic carbocycles. The van der Waals surface area contributed by atoms with Crippen LogP contribution in [0.1, 0.15) is 69.7 Å². The number of unbranched alkanes of at least 4 members (excludes halogenated alkanes) is 1. The molecule has 1 N–H and O–H groups in total. The maximum Gasteiger partial charge on any atom is 0.461 e. The molecule has 4 rings (SSSR count). The van der Waals surface area contributed by atoms with E-state index in [4.69, 9.17) is 0 Å². The number of amides is 2. The Hall–Kier alpha value is -4.94. The number of hydrogen-bond acceptors (Lipinski definition) is 3. The molecule has 0 aliphatic carbocycles. The quantitative estimate of drug-likeness (QED) is 0.133. The average molecular weight is 707 g/mol. The predicted molar refractivity (Wildman–Crippen MR) is 171 cm³/mol. The number of rotatable bonds is 14. The molecule has 0 bridgehead atoms. The Kier molecular flexibility index (Phi) is 11.6. The second-order valence-corrected chi connectivity index (χ2v) is 11.9. The first-order valence-corrected chi connectivity index (χ1v) is 15.5. The van der Waals surface area contributed by atoms with Crippen molar-refractivity contribution >= 4 is 11.8 Å². The van der Waals surface area contributed by atoms with Crippen LogP contribution in [-0.4, -0.2) is 42.8 Å². The Bertz CT molecular complexity index is 1800. The molecule has 0 heterocycles. The van der Waals surface area contributed by atoms with Crippen molar-refractivity contribution in [2.45, 2.75) is 57.1 Å². The monoisotopic (exact) mass is 706 g/mol. The second kappa shape index (κ2) is 15.3. The summed E-state index contributed by atoms with van der Waals surface area (Å²) in [6.45, 7) is 2.88. The maximum absolute atomic E-state index is 15.2. The smallest absolute Gasteiger partial charge is 0.428 e. The Morgan fingerprint density at radius 2 is 1.48 bits per heavy atom. The van der Waals surface area contributed by atoms with Crippen molar-refractivity contribution in [1.29, 1.82) is 0 Å². The summed E-state index contributed by atoms with van der Waals surface area (Å²) < 4.78 is 117. The predicted octanol–water partition coefficient (Wildman–Crippen LogP) is 9.10. The third kappa shape index (κ3) is 8.80. The highest BCUT2D eigenvalue weighted by molar-refractivity contribution is 5.96. The molecule has 13 heteroatoms. The maximum atomic E-state index is 15.2. The van der Waals surface area contributed by atoms with Gasteiger partial charge in [0.2, 0.25) is 0 Å². The molecule has 0 radical (unpaired) electrons. The van der Waals surface area contributed by atoms with Crippen molar-refractivity contribution < 1.29 is 49.4 Å². The molecule has 2 amide bonds. The van der Waals surface area contributed by atoms with Gasteiger partial charge in [-0.1, -0.05) is 55.8 Å². The van der Waals surface area contributed by atoms with Gasteiger partial charge in [-0.25, -0.2) is 17.6 Å². The van der Waals surface area contributed by atoms with E-state index in [0.29, 0.717) is 37.2 Å². The molecule has 0 saturated carbocycles. The van der Waals surface area contributed by atoms with E-state index in [1.165, 1.54) is 29.2 Å². The van der Waals surface area contributed by atoms with Crippen LogP contribution in [0.15, 0.2) is 91.0 Å². The summed E-state index contributed by atoms with van der Waals surface area (Å²) in [5.74, 6) is -8.56. The van der Waals surface area contributed by atoms with Gasteiger partial charge in [0.05, 0.1) is 11.1 Å². The summed E-state index contributed by atoms with van der Waals surface area (Å²) in [5, 5.41) is 2.71. The zero-order chi connectivity index (χ0) is 36.9. The molecule has 266 valence electrons. The summed E-state index contributed by atoms with van der Waals surface area (Å²) in [6, 6.07) is 18.4. The van der Waals surface area contributed by atoms with E-state index in [9.17, 15) is 40.3 Å². The normalized spacial score (nSPS) is 13.1. The number of nitrogens with zero attached hydrogens (tertiary/aromatic N) is 1. The molecule has 0 aliphatic rings. The molecule has 0 fully saturated rings. The van der Waals surface area contributed by atoms with E-state index in [1.807, 2.05) is 6.92 Å². The number of ether oxygens (including phenoxy) is 1. The van der Waals surface area contributed by atoms with E-state index in [1.54, 1.807) is 37.4 Å². The lowest BCUT2D eigenvalue weighted by molar-refractivity contribution is -0.253. The van der Waals surface area contributed by atoms with Gasteiger partial charge in [0.15, 0.2) is 0 Å². The van der Waals surface area contributed by atoms with Gasteiger partial charge >= 0.3 is 12.5 Å². The van der Waals surface area contributed by atoms with Crippen molar-refractivity contribution in [3.63, 3.8) is 0 Å². The number of carbonyl (C=O) groups is 2. The highest BCUT2D eigenvalue weighted by Gasteiger charge is 2.45. The Morgan fingerprint density at radius 1 is 0.840 bits per heavy atom. The molecule has 0 aromatic heterocycles. The van der Waals surface area contributed by atoms with Crippen LogP contribution in [0, 0.1) is 11.6 Å². The van der Waals surface area contributed by atoms with Crippen LogP contribution in [0.4, 0.5) is 35.1 Å². The van der Waals surface area contributed by atoms with Gasteiger partial charge in [-0.2, -0.15) is 17.6 Å². The summed E-state index contributed by atoms with van der Waals surface area (Å²) in [4.78, 5) is 28.6. The lowest BCUT2D eigenvalue weighted by Crippen LogP contribution is -2.49. The minimum atomic E-state index is -5.02. The summed E-state index contributed by atoms with van der Waals surface area (Å²) in [5.41, 5.74) is -2.85. The van der Waals surface area contributed by atoms with E-state index >= 15 is 4.39 Å². The minimum absolute atomic E-state index is 0.155. The van der Waals surface area contributed by atoms with Crippen LogP contribution in [-0.2, 0) is 17.9 Å². The fourth-order valence-electron chi connectivity index (χ4n) is 5.41. The molecule has 0 unspecified atom stereocenters. The Balaban J connectivity index is 1.96. The van der Waals surface area contributed by atoms with Gasteiger partial charge in [0.1, 0.15) is 17.4 Å². The highest BCUT2D eigenvalue weighted by Crippen LogP contribution is 2.39. The van der Waals surface area contributed by atoms with Crippen LogP contribution in [0.3, 0.4) is 0 Å². The standard InChI is InChI=1S/C37H34F8N2O3/c1-4-5-17-47(3)33(49)24-11-14-26(15-12-24)36(22-23-9-7-6-8-10-23,27-19-28(38)21-29(20-27)50-37(44,45)34(40)41)46-32(48)25-13-16-31(39)30(18-25)35(2,42)43/h6-16,18-21,34H,4-5,17,22H2,1-3H3,(H,46,48)/t36-/m1/s1. The van der Waals surface area contributed by atoms with Crippen LogP contribution in [0.2, 0.25) is 0 Å². The molecule has 0 saturated heterocycles. The highest BCUT2D eigenvalue weighted by atomic mass is 19.3. The summed E-state index contributed by atoms with van der Waals surface area (Å²) in [7, 11) is 1.62. The van der Waals surface area contributed by atoms with Crippen LogP contribution < -0.4 is 10.1 Å². The fourth-order valence-corrected chi connectivity index (χ4v) is 5.41. The Labute approximate surface area is 283 Å². The average Bonchev–Trinajstić information content (AvgIpc) is 3.06. The van der Waals surface area contributed by atoms with Crippen LogP contribution in [0.25, 0.3) is 0 Å². The minimum Gasteiger partial charge on any atom is -0.428 e.